The molecule has 0 unspecified atom stereocenters. The third-order valence-electron chi connectivity index (χ3n) is 3.82. The molecule has 1 aliphatic carbocycles. The number of hydrogen-bond acceptors (Lipinski definition) is 4. The van der Waals surface area contributed by atoms with Gasteiger partial charge in [-0.2, -0.15) is 0 Å². The van der Waals surface area contributed by atoms with Crippen LogP contribution in [0.5, 0.6) is 5.75 Å². The second-order valence-electron chi connectivity index (χ2n) is 5.44. The van der Waals surface area contributed by atoms with Crippen molar-refractivity contribution in [1.82, 2.24) is 0 Å². The van der Waals surface area contributed by atoms with Gasteiger partial charge in [0.1, 0.15) is 5.75 Å². The van der Waals surface area contributed by atoms with Crippen molar-refractivity contribution in [1.29, 1.82) is 0 Å². The van der Waals surface area contributed by atoms with Crippen molar-refractivity contribution in [3.63, 3.8) is 0 Å². The van der Waals surface area contributed by atoms with Crippen LogP contribution in [0.1, 0.15) is 49.9 Å². The molecule has 0 amide bonds. The van der Waals surface area contributed by atoms with Gasteiger partial charge in [-0.1, -0.05) is 13.0 Å². The lowest BCUT2D eigenvalue weighted by Gasteiger charge is -2.27. The van der Waals surface area contributed by atoms with E-state index in [0.717, 1.165) is 18.8 Å². The van der Waals surface area contributed by atoms with Crippen LogP contribution in [0.4, 0.5) is 5.69 Å². The topological polar surface area (TPSA) is 61.5 Å². The van der Waals surface area contributed by atoms with E-state index in [0.29, 0.717) is 23.6 Å². The summed E-state index contributed by atoms with van der Waals surface area (Å²) in [5.41, 5.74) is 6.80. The second-order valence-corrected chi connectivity index (χ2v) is 5.44. The van der Waals surface area contributed by atoms with Crippen molar-refractivity contribution in [3.05, 3.63) is 23.8 Å². The van der Waals surface area contributed by atoms with E-state index in [1.54, 1.807) is 19.1 Å². The lowest BCUT2D eigenvalue weighted by Crippen LogP contribution is -2.23. The van der Waals surface area contributed by atoms with Gasteiger partial charge in [-0.15, -0.1) is 0 Å². The van der Waals surface area contributed by atoms with E-state index >= 15 is 0 Å². The summed E-state index contributed by atoms with van der Waals surface area (Å²) in [6, 6.07) is 5.27. The zero-order chi connectivity index (χ0) is 14.5. The maximum atomic E-state index is 11.8. The second kappa shape index (κ2) is 6.64. The maximum absolute atomic E-state index is 11.8. The van der Waals surface area contributed by atoms with Gasteiger partial charge in [0.25, 0.3) is 0 Å². The summed E-state index contributed by atoms with van der Waals surface area (Å²) in [4.78, 5) is 11.8. The summed E-state index contributed by atoms with van der Waals surface area (Å²) in [5, 5.41) is 0. The highest BCUT2D eigenvalue weighted by Gasteiger charge is 2.21. The molecule has 1 aromatic rings. The third-order valence-corrected chi connectivity index (χ3v) is 3.82. The van der Waals surface area contributed by atoms with Crippen LogP contribution in [-0.4, -0.2) is 18.7 Å². The van der Waals surface area contributed by atoms with Crippen LogP contribution in [0.3, 0.4) is 0 Å². The number of carbonyl (C=O) groups is 1. The molecule has 2 N–H and O–H groups in total. The molecule has 0 atom stereocenters. The molecule has 1 aromatic carbocycles. The Labute approximate surface area is 120 Å². The number of para-hydroxylation sites is 1. The molecule has 20 heavy (non-hydrogen) atoms. The largest absolute Gasteiger partial charge is 0.488 e. The van der Waals surface area contributed by atoms with Gasteiger partial charge < -0.3 is 15.2 Å². The van der Waals surface area contributed by atoms with Gasteiger partial charge in [0.2, 0.25) is 0 Å². The van der Waals surface area contributed by atoms with Crippen molar-refractivity contribution in [3.8, 4) is 5.75 Å². The first-order valence-corrected chi connectivity index (χ1v) is 7.34. The lowest BCUT2D eigenvalue weighted by molar-refractivity contribution is 0.0526. The van der Waals surface area contributed by atoms with Crippen LogP contribution in [0.25, 0.3) is 0 Å². The van der Waals surface area contributed by atoms with Crippen LogP contribution in [0.2, 0.25) is 0 Å². The van der Waals surface area contributed by atoms with Crippen LogP contribution in [0, 0.1) is 5.92 Å². The van der Waals surface area contributed by atoms with Crippen molar-refractivity contribution >= 4 is 11.7 Å². The molecule has 2 rings (SSSR count). The first kappa shape index (κ1) is 14.7. The number of rotatable bonds is 4. The highest BCUT2D eigenvalue weighted by molar-refractivity contribution is 5.96. The van der Waals surface area contributed by atoms with Gasteiger partial charge >= 0.3 is 5.97 Å². The van der Waals surface area contributed by atoms with E-state index in [1.165, 1.54) is 12.8 Å². The Balaban J connectivity index is 2.08. The smallest absolute Gasteiger partial charge is 0.340 e. The third kappa shape index (κ3) is 3.44. The summed E-state index contributed by atoms with van der Waals surface area (Å²) < 4.78 is 11.0. The van der Waals surface area contributed by atoms with Gasteiger partial charge in [0.15, 0.2) is 0 Å². The minimum absolute atomic E-state index is 0.200. The number of anilines is 1. The zero-order valence-corrected chi connectivity index (χ0v) is 12.2. The number of esters is 1. The quantitative estimate of drug-likeness (QED) is 0.676. The fourth-order valence-corrected chi connectivity index (χ4v) is 2.56. The monoisotopic (exact) mass is 277 g/mol. The Bertz CT molecular complexity index is 465. The molecule has 0 spiro atoms. The molecule has 1 fully saturated rings. The molecule has 0 heterocycles. The van der Waals surface area contributed by atoms with Gasteiger partial charge in [-0.3, -0.25) is 0 Å². The Morgan fingerprint density at radius 3 is 2.65 bits per heavy atom. The molecule has 1 aliphatic rings. The SMILES string of the molecule is CCOC(=O)c1cccc(OC2CCC(C)CC2)c1N. The predicted octanol–water partition coefficient (Wildman–Crippen LogP) is 3.40. The number of nitrogens with two attached hydrogens (primary N) is 1. The fourth-order valence-electron chi connectivity index (χ4n) is 2.56. The van der Waals surface area contributed by atoms with E-state index < -0.39 is 5.97 Å². The standard InChI is InChI=1S/C16H23NO3/c1-3-19-16(18)13-5-4-6-14(15(13)17)20-12-9-7-11(2)8-10-12/h4-6,11-12H,3,7-10,17H2,1-2H3. The normalized spacial score (nSPS) is 22.3. The molecule has 0 radical (unpaired) electrons. The number of nitrogen functional groups attached to an aromatic ring is 1. The average Bonchev–Trinajstić information content (AvgIpc) is 2.44. The minimum atomic E-state index is -0.396. The highest BCUT2D eigenvalue weighted by Crippen LogP contribution is 2.31. The van der Waals surface area contributed by atoms with Crippen LogP contribution in [0.15, 0.2) is 18.2 Å². The molecular formula is C16H23NO3. The molecule has 0 aliphatic heterocycles. The van der Waals surface area contributed by atoms with Gasteiger partial charge in [0.05, 0.1) is 24.0 Å². The van der Waals surface area contributed by atoms with Crippen molar-refractivity contribution in [2.75, 3.05) is 12.3 Å². The van der Waals surface area contributed by atoms with Crippen molar-refractivity contribution in [2.45, 2.75) is 45.6 Å². The van der Waals surface area contributed by atoms with Crippen molar-refractivity contribution < 1.29 is 14.3 Å². The van der Waals surface area contributed by atoms with E-state index in [2.05, 4.69) is 6.92 Å². The number of ether oxygens (including phenoxy) is 2. The van der Waals surface area contributed by atoms with Gasteiger partial charge in [-0.05, 0) is 50.7 Å². The van der Waals surface area contributed by atoms with Gasteiger partial charge in [-0.25, -0.2) is 4.79 Å². The molecule has 0 saturated heterocycles. The molecule has 1 saturated carbocycles. The van der Waals surface area contributed by atoms with Crippen LogP contribution < -0.4 is 10.5 Å². The molecule has 4 heteroatoms. The van der Waals surface area contributed by atoms with E-state index in [4.69, 9.17) is 15.2 Å². The van der Waals surface area contributed by atoms with E-state index in [-0.39, 0.29) is 6.10 Å². The zero-order valence-electron chi connectivity index (χ0n) is 12.2. The maximum Gasteiger partial charge on any atom is 0.340 e. The highest BCUT2D eigenvalue weighted by atomic mass is 16.5. The number of carbonyl (C=O) groups excluding carboxylic acids is 1. The summed E-state index contributed by atoms with van der Waals surface area (Å²) in [6.45, 7) is 4.38. The van der Waals surface area contributed by atoms with Crippen LogP contribution in [-0.2, 0) is 4.74 Å². The Hall–Kier alpha value is -1.71. The summed E-state index contributed by atoms with van der Waals surface area (Å²) >= 11 is 0. The number of benzene rings is 1. The first-order valence-electron chi connectivity index (χ1n) is 7.34. The number of hydrogen-bond donors (Lipinski definition) is 1. The average molecular weight is 277 g/mol. The van der Waals surface area contributed by atoms with Crippen LogP contribution >= 0.6 is 0 Å². The summed E-state index contributed by atoms with van der Waals surface area (Å²) in [6.07, 6.45) is 4.66. The minimum Gasteiger partial charge on any atom is -0.488 e. The molecule has 0 aromatic heterocycles. The summed E-state index contributed by atoms with van der Waals surface area (Å²) in [5.74, 6) is 0.973. The Kier molecular flexibility index (Phi) is 4.88. The van der Waals surface area contributed by atoms with E-state index in [1.807, 2.05) is 6.07 Å². The first-order chi connectivity index (χ1) is 9.61. The molecule has 0 bridgehead atoms. The molecule has 110 valence electrons. The van der Waals surface area contributed by atoms with E-state index in [9.17, 15) is 4.79 Å². The Morgan fingerprint density at radius 1 is 1.30 bits per heavy atom. The van der Waals surface area contributed by atoms with Crippen molar-refractivity contribution in [2.24, 2.45) is 5.92 Å². The van der Waals surface area contributed by atoms with Gasteiger partial charge in [0, 0.05) is 0 Å². The lowest BCUT2D eigenvalue weighted by atomic mass is 9.89. The Morgan fingerprint density at radius 2 is 2.00 bits per heavy atom. The predicted molar refractivity (Wildman–Crippen MR) is 78.9 cm³/mol. The molecular weight excluding hydrogens is 254 g/mol. The molecule has 4 nitrogen and oxygen atoms in total. The summed E-state index contributed by atoms with van der Waals surface area (Å²) in [7, 11) is 0. The fraction of sp³-hybridized carbons (Fsp3) is 0.562.